The van der Waals surface area contributed by atoms with Gasteiger partial charge in [-0.15, -0.1) is 0 Å². The van der Waals surface area contributed by atoms with Crippen LogP contribution in [-0.2, 0) is 17.9 Å². The fourth-order valence-corrected chi connectivity index (χ4v) is 5.51. The van der Waals surface area contributed by atoms with Crippen LogP contribution >= 0.6 is 27.7 Å². The molecule has 4 aromatic carbocycles. The third-order valence-corrected chi connectivity index (χ3v) is 7.54. The molecule has 0 aromatic heterocycles. The molecule has 5 rings (SSSR count). The van der Waals surface area contributed by atoms with Gasteiger partial charge in [0.15, 0.2) is 11.5 Å². The van der Waals surface area contributed by atoms with E-state index in [0.717, 1.165) is 33.7 Å². The van der Waals surface area contributed by atoms with Crippen LogP contribution in [0.2, 0.25) is 0 Å². The van der Waals surface area contributed by atoms with Gasteiger partial charge in [-0.1, -0.05) is 48.5 Å². The SMILES string of the molecule is COc1cc(/C=C2\SC(=O)N(Cc3ccc4ccccc4c3)C2=O)cc(Br)c1OCc1ccc(C#N)cc1. The predicted octanol–water partition coefficient (Wildman–Crippen LogP) is 7.30. The van der Waals surface area contributed by atoms with E-state index < -0.39 is 0 Å². The molecular formula is C30H21BrN2O4S. The van der Waals surface area contributed by atoms with Gasteiger partial charge >= 0.3 is 0 Å². The van der Waals surface area contributed by atoms with Crippen LogP contribution in [0.15, 0.2) is 88.2 Å². The Kier molecular flexibility index (Phi) is 7.50. The van der Waals surface area contributed by atoms with Crippen LogP contribution in [0.1, 0.15) is 22.3 Å². The van der Waals surface area contributed by atoms with Crippen LogP contribution in [0.3, 0.4) is 0 Å². The standard InChI is InChI=1S/C30H21BrN2O4S/c1-36-26-14-22(13-25(31)28(26)37-18-20-8-6-19(16-32)7-9-20)15-27-29(34)33(30(35)38-27)17-21-10-11-23-4-2-3-5-24(23)12-21/h2-15H,17-18H2,1H3/b27-15-. The van der Waals surface area contributed by atoms with E-state index in [-0.39, 0.29) is 24.3 Å². The molecule has 8 heteroatoms. The maximum atomic E-state index is 13.1. The number of rotatable bonds is 7. The fourth-order valence-electron chi connectivity index (χ4n) is 4.10. The Morgan fingerprint density at radius 2 is 1.71 bits per heavy atom. The van der Waals surface area contributed by atoms with E-state index in [1.807, 2.05) is 60.7 Å². The zero-order valence-electron chi connectivity index (χ0n) is 20.3. The van der Waals surface area contributed by atoms with E-state index in [1.54, 1.807) is 24.3 Å². The number of benzene rings is 4. The van der Waals surface area contributed by atoms with Gasteiger partial charge in [0.2, 0.25) is 0 Å². The van der Waals surface area contributed by atoms with E-state index in [9.17, 15) is 9.59 Å². The number of imide groups is 1. The lowest BCUT2D eigenvalue weighted by Gasteiger charge is -2.14. The number of carbonyl (C=O) groups excluding carboxylic acids is 2. The van der Waals surface area contributed by atoms with Crippen LogP contribution in [0.25, 0.3) is 16.8 Å². The second-order valence-electron chi connectivity index (χ2n) is 8.58. The van der Waals surface area contributed by atoms with Crippen molar-refractivity contribution in [1.29, 1.82) is 5.26 Å². The summed E-state index contributed by atoms with van der Waals surface area (Å²) in [5.41, 5.74) is 3.07. The van der Waals surface area contributed by atoms with Gasteiger partial charge in [0.05, 0.1) is 34.7 Å². The molecule has 6 nitrogen and oxygen atoms in total. The number of fused-ring (bicyclic) bond motifs is 1. The highest BCUT2D eigenvalue weighted by atomic mass is 79.9. The number of halogens is 1. The summed E-state index contributed by atoms with van der Waals surface area (Å²) >= 11 is 4.46. The molecule has 0 aliphatic carbocycles. The maximum Gasteiger partial charge on any atom is 0.293 e. The van der Waals surface area contributed by atoms with Crippen LogP contribution < -0.4 is 9.47 Å². The molecule has 4 aromatic rings. The van der Waals surface area contributed by atoms with Crippen LogP contribution in [0.5, 0.6) is 11.5 Å². The number of carbonyl (C=O) groups is 2. The Balaban J connectivity index is 1.33. The van der Waals surface area contributed by atoms with E-state index in [4.69, 9.17) is 14.7 Å². The number of thioether (sulfide) groups is 1. The Hall–Kier alpha value is -4.06. The number of nitriles is 1. The summed E-state index contributed by atoms with van der Waals surface area (Å²) in [5, 5.41) is 10.8. The summed E-state index contributed by atoms with van der Waals surface area (Å²) in [6.45, 7) is 0.496. The van der Waals surface area contributed by atoms with E-state index in [1.165, 1.54) is 12.0 Å². The molecule has 1 saturated heterocycles. The Morgan fingerprint density at radius 1 is 0.974 bits per heavy atom. The van der Waals surface area contributed by atoms with E-state index in [2.05, 4.69) is 22.0 Å². The minimum atomic E-state index is -0.329. The van der Waals surface area contributed by atoms with Crippen molar-refractivity contribution in [3.63, 3.8) is 0 Å². The van der Waals surface area contributed by atoms with Gasteiger partial charge in [-0.2, -0.15) is 5.26 Å². The van der Waals surface area contributed by atoms with Gasteiger partial charge in [0.1, 0.15) is 6.61 Å². The van der Waals surface area contributed by atoms with E-state index >= 15 is 0 Å². The molecule has 188 valence electrons. The topological polar surface area (TPSA) is 79.6 Å². The first-order chi connectivity index (χ1) is 18.4. The quantitative estimate of drug-likeness (QED) is 0.212. The summed E-state index contributed by atoms with van der Waals surface area (Å²) in [4.78, 5) is 27.5. The normalized spacial score (nSPS) is 14.2. The molecule has 38 heavy (non-hydrogen) atoms. The summed E-state index contributed by atoms with van der Waals surface area (Å²) in [7, 11) is 1.54. The molecule has 0 unspecified atom stereocenters. The zero-order chi connectivity index (χ0) is 26.6. The molecule has 0 atom stereocenters. The van der Waals surface area contributed by atoms with E-state index in [0.29, 0.717) is 32.0 Å². The summed E-state index contributed by atoms with van der Waals surface area (Å²) in [6.07, 6.45) is 1.68. The smallest absolute Gasteiger partial charge is 0.293 e. The van der Waals surface area contributed by atoms with Gasteiger partial charge in [-0.25, -0.2) is 0 Å². The number of hydrogen-bond acceptors (Lipinski definition) is 6. The average Bonchev–Trinajstić information content (AvgIpc) is 3.19. The van der Waals surface area contributed by atoms with Gasteiger partial charge in [0, 0.05) is 0 Å². The van der Waals surface area contributed by atoms with Gasteiger partial charge < -0.3 is 9.47 Å². The molecule has 1 aliphatic rings. The maximum absolute atomic E-state index is 13.1. The molecule has 0 N–H and O–H groups in total. The van der Waals surface area contributed by atoms with Crippen molar-refractivity contribution in [3.8, 4) is 17.6 Å². The lowest BCUT2D eigenvalue weighted by atomic mass is 10.1. The first-order valence-electron chi connectivity index (χ1n) is 11.7. The number of nitrogens with zero attached hydrogens (tertiary/aromatic N) is 2. The molecular weight excluding hydrogens is 564 g/mol. The van der Waals surface area contributed by atoms with Gasteiger partial charge in [-0.05, 0) is 91.6 Å². The van der Waals surface area contributed by atoms with Crippen molar-refractivity contribution in [1.82, 2.24) is 4.90 Å². The Morgan fingerprint density at radius 3 is 2.45 bits per heavy atom. The Labute approximate surface area is 232 Å². The van der Waals surface area contributed by atoms with Crippen molar-refractivity contribution in [2.24, 2.45) is 0 Å². The lowest BCUT2D eigenvalue weighted by molar-refractivity contribution is -0.123. The van der Waals surface area contributed by atoms with Crippen LogP contribution in [-0.4, -0.2) is 23.2 Å². The first-order valence-corrected chi connectivity index (χ1v) is 13.3. The fraction of sp³-hybridized carbons (Fsp3) is 0.100. The number of methoxy groups -OCH3 is 1. The molecule has 1 heterocycles. The molecule has 0 radical (unpaired) electrons. The molecule has 0 spiro atoms. The van der Waals surface area contributed by atoms with Gasteiger partial charge in [0.25, 0.3) is 11.1 Å². The number of ether oxygens (including phenoxy) is 2. The molecule has 1 aliphatic heterocycles. The first kappa shape index (κ1) is 25.6. The largest absolute Gasteiger partial charge is 0.493 e. The van der Waals surface area contributed by atoms with Crippen LogP contribution in [0.4, 0.5) is 4.79 Å². The van der Waals surface area contributed by atoms with Crippen LogP contribution in [0, 0.1) is 11.3 Å². The Bertz CT molecular complexity index is 1630. The third-order valence-electron chi connectivity index (χ3n) is 6.04. The number of hydrogen-bond donors (Lipinski definition) is 0. The monoisotopic (exact) mass is 584 g/mol. The zero-order valence-corrected chi connectivity index (χ0v) is 22.7. The summed E-state index contributed by atoms with van der Waals surface area (Å²) in [5.74, 6) is 0.664. The third kappa shape index (κ3) is 5.44. The lowest BCUT2D eigenvalue weighted by Crippen LogP contribution is -2.27. The summed E-state index contributed by atoms with van der Waals surface area (Å²) in [6, 6.07) is 26.7. The minimum Gasteiger partial charge on any atom is -0.493 e. The highest BCUT2D eigenvalue weighted by Gasteiger charge is 2.35. The van der Waals surface area contributed by atoms with Crippen molar-refractivity contribution >= 4 is 55.7 Å². The second kappa shape index (κ2) is 11.1. The minimum absolute atomic E-state index is 0.210. The van der Waals surface area contributed by atoms with Crippen molar-refractivity contribution < 1.29 is 19.1 Å². The molecule has 0 saturated carbocycles. The summed E-state index contributed by atoms with van der Waals surface area (Å²) < 4.78 is 12.2. The van der Waals surface area contributed by atoms with Crippen molar-refractivity contribution in [2.75, 3.05) is 7.11 Å². The number of amides is 2. The molecule has 2 amide bonds. The predicted molar refractivity (Wildman–Crippen MR) is 152 cm³/mol. The van der Waals surface area contributed by atoms with Crippen molar-refractivity contribution in [3.05, 3.63) is 110 Å². The highest BCUT2D eigenvalue weighted by Crippen LogP contribution is 2.40. The second-order valence-corrected chi connectivity index (χ2v) is 10.4. The average molecular weight is 585 g/mol. The molecule has 0 bridgehead atoms. The highest BCUT2D eigenvalue weighted by molar-refractivity contribution is 9.10. The molecule has 1 fully saturated rings. The van der Waals surface area contributed by atoms with Gasteiger partial charge in [-0.3, -0.25) is 14.5 Å². The van der Waals surface area contributed by atoms with Crippen molar-refractivity contribution in [2.45, 2.75) is 13.2 Å².